The van der Waals surface area contributed by atoms with Crippen LogP contribution >= 0.6 is 23.8 Å². The summed E-state index contributed by atoms with van der Waals surface area (Å²) in [5.74, 6) is -1.46. The molecule has 0 aliphatic carbocycles. The Kier molecular flexibility index (Phi) is 6.86. The van der Waals surface area contributed by atoms with Gasteiger partial charge in [0.15, 0.2) is 5.11 Å². The molecule has 1 N–H and O–H groups in total. The van der Waals surface area contributed by atoms with Gasteiger partial charge in [-0.1, -0.05) is 11.6 Å². The highest BCUT2D eigenvalue weighted by atomic mass is 35.5. The second-order valence-corrected chi connectivity index (χ2v) is 8.69. The highest BCUT2D eigenvalue weighted by molar-refractivity contribution is 7.80. The fourth-order valence-corrected chi connectivity index (χ4v) is 4.34. The zero-order valence-corrected chi connectivity index (χ0v) is 20.9. The van der Waals surface area contributed by atoms with E-state index in [-0.39, 0.29) is 16.7 Å². The molecule has 1 aliphatic rings. The van der Waals surface area contributed by atoms with E-state index >= 15 is 0 Å². The Morgan fingerprint density at radius 3 is 2.31 bits per heavy atom. The Balaban J connectivity index is 1.69. The van der Waals surface area contributed by atoms with Crippen molar-refractivity contribution in [3.05, 3.63) is 87.7 Å². The summed E-state index contributed by atoms with van der Waals surface area (Å²) in [7, 11) is 0. The van der Waals surface area contributed by atoms with Gasteiger partial charge in [-0.15, -0.1) is 0 Å². The summed E-state index contributed by atoms with van der Waals surface area (Å²) in [5, 5.41) is 3.11. The molecule has 35 heavy (non-hydrogen) atoms. The van der Waals surface area contributed by atoms with Crippen molar-refractivity contribution in [1.29, 1.82) is 0 Å². The number of rotatable bonds is 5. The molecule has 2 aromatic carbocycles. The van der Waals surface area contributed by atoms with Crippen LogP contribution in [-0.2, 0) is 14.3 Å². The summed E-state index contributed by atoms with van der Waals surface area (Å²) in [6.45, 7) is 5.88. The van der Waals surface area contributed by atoms with Crippen LogP contribution in [0, 0.1) is 13.8 Å². The van der Waals surface area contributed by atoms with Crippen molar-refractivity contribution >= 4 is 58.5 Å². The van der Waals surface area contributed by atoms with Crippen molar-refractivity contribution in [2.24, 2.45) is 0 Å². The SMILES string of the molecule is CCOC(=O)c1ccc(-n2c(C)cc(/C=C3\C(=O)NC(=S)N(c4ccc(Cl)cc4)C3=O)c2C)cc1. The quantitative estimate of drug-likeness (QED) is 0.233. The molecule has 0 atom stereocenters. The van der Waals surface area contributed by atoms with Gasteiger partial charge in [0.1, 0.15) is 5.57 Å². The lowest BCUT2D eigenvalue weighted by molar-refractivity contribution is -0.122. The number of nitrogens with zero attached hydrogens (tertiary/aromatic N) is 2. The summed E-state index contributed by atoms with van der Waals surface area (Å²) >= 11 is 11.2. The number of thiocarbonyl (C=S) groups is 1. The minimum atomic E-state index is -0.561. The van der Waals surface area contributed by atoms with Gasteiger partial charge < -0.3 is 9.30 Å². The van der Waals surface area contributed by atoms with Gasteiger partial charge in [-0.3, -0.25) is 19.8 Å². The number of aryl methyl sites for hydroxylation is 1. The number of ether oxygens (including phenoxy) is 1. The van der Waals surface area contributed by atoms with E-state index in [0.29, 0.717) is 28.4 Å². The summed E-state index contributed by atoms with van der Waals surface area (Å²) in [6, 6.07) is 15.6. The van der Waals surface area contributed by atoms with Crippen molar-refractivity contribution in [3.8, 4) is 5.69 Å². The number of hydrogen-bond acceptors (Lipinski definition) is 5. The summed E-state index contributed by atoms with van der Waals surface area (Å²) in [5.41, 5.74) is 4.19. The lowest BCUT2D eigenvalue weighted by atomic mass is 10.1. The Morgan fingerprint density at radius 2 is 1.69 bits per heavy atom. The predicted octanol–water partition coefficient (Wildman–Crippen LogP) is 4.76. The molecule has 0 unspecified atom stereocenters. The number of esters is 1. The van der Waals surface area contributed by atoms with Crippen LogP contribution in [0.5, 0.6) is 0 Å². The normalized spacial score (nSPS) is 14.9. The molecule has 2 heterocycles. The number of halogens is 1. The van der Waals surface area contributed by atoms with Gasteiger partial charge in [-0.2, -0.15) is 0 Å². The molecule has 1 aromatic heterocycles. The molecule has 0 saturated carbocycles. The molecule has 1 saturated heterocycles. The molecular weight excluding hydrogens is 486 g/mol. The first-order valence-corrected chi connectivity index (χ1v) is 11.6. The van der Waals surface area contributed by atoms with Gasteiger partial charge >= 0.3 is 5.97 Å². The molecule has 3 aromatic rings. The van der Waals surface area contributed by atoms with Gasteiger partial charge in [-0.05, 0) is 99.2 Å². The fraction of sp³-hybridized carbons (Fsp3) is 0.154. The third kappa shape index (κ3) is 4.76. The minimum Gasteiger partial charge on any atom is -0.462 e. The highest BCUT2D eigenvalue weighted by Gasteiger charge is 2.34. The number of amides is 2. The maximum absolute atomic E-state index is 13.3. The predicted molar refractivity (Wildman–Crippen MR) is 139 cm³/mol. The molecular formula is C26H22ClN3O4S. The molecule has 7 nitrogen and oxygen atoms in total. The van der Waals surface area contributed by atoms with Gasteiger partial charge in [0.2, 0.25) is 0 Å². The first-order valence-electron chi connectivity index (χ1n) is 10.8. The van der Waals surface area contributed by atoms with Crippen molar-refractivity contribution < 1.29 is 19.1 Å². The first-order chi connectivity index (χ1) is 16.7. The number of hydrogen-bond donors (Lipinski definition) is 1. The lowest BCUT2D eigenvalue weighted by Gasteiger charge is -2.28. The monoisotopic (exact) mass is 507 g/mol. The van der Waals surface area contributed by atoms with Gasteiger partial charge in [0, 0.05) is 22.1 Å². The number of nitrogens with one attached hydrogen (secondary N) is 1. The van der Waals surface area contributed by atoms with Gasteiger partial charge in [-0.25, -0.2) is 4.79 Å². The molecule has 1 aliphatic heterocycles. The lowest BCUT2D eigenvalue weighted by Crippen LogP contribution is -2.54. The molecule has 0 spiro atoms. The molecule has 4 rings (SSSR count). The van der Waals surface area contributed by atoms with Crippen LogP contribution in [0.4, 0.5) is 5.69 Å². The first kappa shape index (κ1) is 24.4. The summed E-state index contributed by atoms with van der Waals surface area (Å²) in [4.78, 5) is 39.2. The second-order valence-electron chi connectivity index (χ2n) is 7.86. The van der Waals surface area contributed by atoms with E-state index in [4.69, 9.17) is 28.6 Å². The number of carbonyl (C=O) groups excluding carboxylic acids is 3. The standard InChI is InChI=1S/C26H22ClN3O4S/c1-4-34-25(33)17-5-9-20(10-6-17)29-15(2)13-18(16(29)3)14-22-23(31)28-26(35)30(24(22)32)21-11-7-19(27)8-12-21/h5-14H,4H2,1-3H3,(H,28,31,35)/b22-14+. The van der Waals surface area contributed by atoms with Crippen LogP contribution in [-0.4, -0.2) is 34.1 Å². The molecule has 1 fully saturated rings. The third-order valence-corrected chi connectivity index (χ3v) is 6.13. The Hall–Kier alpha value is -3.75. The largest absolute Gasteiger partial charge is 0.462 e. The van der Waals surface area contributed by atoms with E-state index in [0.717, 1.165) is 17.1 Å². The maximum atomic E-state index is 13.3. The van der Waals surface area contributed by atoms with Gasteiger partial charge in [0.25, 0.3) is 11.8 Å². The topological polar surface area (TPSA) is 80.6 Å². The smallest absolute Gasteiger partial charge is 0.338 e. The van der Waals surface area contributed by atoms with E-state index in [2.05, 4.69) is 5.32 Å². The fourth-order valence-electron chi connectivity index (χ4n) is 3.93. The third-order valence-electron chi connectivity index (χ3n) is 5.59. The Bertz CT molecular complexity index is 1370. The number of aromatic nitrogens is 1. The Labute approximate surface area is 212 Å². The minimum absolute atomic E-state index is 0.00614. The van der Waals surface area contributed by atoms with E-state index in [1.54, 1.807) is 49.4 Å². The van der Waals surface area contributed by atoms with Crippen LogP contribution in [0.3, 0.4) is 0 Å². The van der Waals surface area contributed by atoms with E-state index in [1.807, 2.05) is 36.6 Å². The maximum Gasteiger partial charge on any atom is 0.338 e. The molecule has 0 bridgehead atoms. The number of anilines is 1. The average molecular weight is 508 g/mol. The van der Waals surface area contributed by atoms with Crippen molar-refractivity contribution in [2.75, 3.05) is 11.5 Å². The van der Waals surface area contributed by atoms with Crippen molar-refractivity contribution in [2.45, 2.75) is 20.8 Å². The van der Waals surface area contributed by atoms with Crippen LogP contribution in [0.15, 0.2) is 60.2 Å². The zero-order valence-electron chi connectivity index (χ0n) is 19.3. The highest BCUT2D eigenvalue weighted by Crippen LogP contribution is 2.27. The Morgan fingerprint density at radius 1 is 1.06 bits per heavy atom. The molecule has 2 amide bonds. The zero-order chi connectivity index (χ0) is 25.3. The summed E-state index contributed by atoms with van der Waals surface area (Å²) < 4.78 is 7.02. The number of benzene rings is 2. The molecule has 9 heteroatoms. The van der Waals surface area contributed by atoms with Gasteiger partial charge in [0.05, 0.1) is 17.9 Å². The van der Waals surface area contributed by atoms with Crippen LogP contribution in [0.25, 0.3) is 11.8 Å². The van der Waals surface area contributed by atoms with Crippen LogP contribution in [0.2, 0.25) is 5.02 Å². The van der Waals surface area contributed by atoms with E-state index in [1.165, 1.54) is 4.90 Å². The summed E-state index contributed by atoms with van der Waals surface area (Å²) in [6.07, 6.45) is 1.56. The number of carbonyl (C=O) groups is 3. The second kappa shape index (κ2) is 9.85. The molecule has 0 radical (unpaired) electrons. The van der Waals surface area contributed by atoms with Crippen molar-refractivity contribution in [3.63, 3.8) is 0 Å². The van der Waals surface area contributed by atoms with E-state index in [9.17, 15) is 14.4 Å². The van der Waals surface area contributed by atoms with E-state index < -0.39 is 11.8 Å². The van der Waals surface area contributed by atoms with Crippen molar-refractivity contribution in [1.82, 2.24) is 9.88 Å². The van der Waals surface area contributed by atoms with Crippen LogP contribution in [0.1, 0.15) is 34.2 Å². The molecule has 178 valence electrons. The average Bonchev–Trinajstić information content (AvgIpc) is 3.10. The van der Waals surface area contributed by atoms with Crippen LogP contribution < -0.4 is 10.2 Å².